The van der Waals surface area contributed by atoms with Crippen LogP contribution < -0.4 is 5.32 Å². The van der Waals surface area contributed by atoms with Gasteiger partial charge in [0.2, 0.25) is 11.8 Å². The molecule has 6 heteroatoms. The van der Waals surface area contributed by atoms with Crippen LogP contribution in [0, 0.1) is 17.8 Å². The zero-order valence-corrected chi connectivity index (χ0v) is 21.2. The van der Waals surface area contributed by atoms with Crippen molar-refractivity contribution in [1.29, 1.82) is 0 Å². The predicted octanol–water partition coefficient (Wildman–Crippen LogP) is 4.36. The number of allylic oxidation sites excluding steroid dienone is 3. The summed E-state index contributed by atoms with van der Waals surface area (Å²) in [5.74, 6) is 1.11. The van der Waals surface area contributed by atoms with Gasteiger partial charge in [0, 0.05) is 49.6 Å². The van der Waals surface area contributed by atoms with Gasteiger partial charge in [0.05, 0.1) is 6.26 Å². The molecule has 1 fully saturated rings. The number of furan rings is 1. The minimum absolute atomic E-state index is 0.0361. The molecule has 186 valence electrons. The van der Waals surface area contributed by atoms with Crippen LogP contribution in [0.2, 0.25) is 0 Å². The number of rotatable bonds is 7. The molecule has 0 radical (unpaired) electrons. The first-order valence-electron chi connectivity index (χ1n) is 12.6. The van der Waals surface area contributed by atoms with Gasteiger partial charge in [-0.2, -0.15) is 0 Å². The maximum absolute atomic E-state index is 13.5. The fourth-order valence-corrected chi connectivity index (χ4v) is 5.09. The Balaban J connectivity index is 1.43. The van der Waals surface area contributed by atoms with Crippen LogP contribution in [-0.4, -0.2) is 53.3 Å². The van der Waals surface area contributed by atoms with Crippen LogP contribution >= 0.6 is 0 Å². The highest BCUT2D eigenvalue weighted by Gasteiger charge is 2.40. The topological polar surface area (TPSA) is 65.8 Å². The number of piperazine rings is 1. The summed E-state index contributed by atoms with van der Waals surface area (Å²) in [4.78, 5) is 30.7. The third-order valence-corrected chi connectivity index (χ3v) is 7.02. The molecule has 6 nitrogen and oxygen atoms in total. The lowest BCUT2D eigenvalue weighted by molar-refractivity contribution is -0.150. The Morgan fingerprint density at radius 2 is 1.86 bits per heavy atom. The average molecular weight is 476 g/mol. The van der Waals surface area contributed by atoms with Crippen molar-refractivity contribution in [2.45, 2.75) is 46.3 Å². The maximum atomic E-state index is 13.5. The van der Waals surface area contributed by atoms with E-state index in [0.29, 0.717) is 13.1 Å². The molecular weight excluding hydrogens is 438 g/mol. The van der Waals surface area contributed by atoms with Crippen LogP contribution in [0.15, 0.2) is 71.4 Å². The minimum Gasteiger partial charge on any atom is -0.464 e. The number of carbonyl (C=O) groups is 2. The first kappa shape index (κ1) is 25.0. The Bertz CT molecular complexity index is 1060. The fraction of sp³-hybridized carbons (Fsp3) is 0.448. The Hall–Kier alpha value is -3.12. The second-order valence-corrected chi connectivity index (χ2v) is 10.2. The Labute approximate surface area is 208 Å². The van der Waals surface area contributed by atoms with Crippen LogP contribution in [-0.2, 0) is 16.1 Å². The lowest BCUT2D eigenvalue weighted by atomic mass is 9.86. The van der Waals surface area contributed by atoms with Crippen LogP contribution in [0.5, 0.6) is 0 Å². The first-order valence-corrected chi connectivity index (χ1v) is 12.6. The second-order valence-electron chi connectivity index (χ2n) is 10.2. The Morgan fingerprint density at radius 3 is 2.51 bits per heavy atom. The lowest BCUT2D eigenvalue weighted by Crippen LogP contribution is -2.64. The average Bonchev–Trinajstić information content (AvgIpc) is 3.38. The smallest absolute Gasteiger partial charge is 0.244 e. The second kappa shape index (κ2) is 11.1. The van der Waals surface area contributed by atoms with Gasteiger partial charge in [-0.05, 0) is 30.5 Å². The number of hydrogen-bond acceptors (Lipinski definition) is 4. The molecule has 4 rings (SSSR count). The Morgan fingerprint density at radius 1 is 1.09 bits per heavy atom. The van der Waals surface area contributed by atoms with Gasteiger partial charge < -0.3 is 14.6 Å². The molecule has 1 saturated heterocycles. The van der Waals surface area contributed by atoms with Crippen LogP contribution in [0.3, 0.4) is 0 Å². The van der Waals surface area contributed by atoms with E-state index in [1.807, 2.05) is 56.0 Å². The molecule has 1 aromatic carbocycles. The molecular formula is C29H37N3O3. The highest BCUT2D eigenvalue weighted by molar-refractivity contribution is 5.89. The molecule has 2 amide bonds. The van der Waals surface area contributed by atoms with Crippen molar-refractivity contribution in [1.82, 2.24) is 15.1 Å². The van der Waals surface area contributed by atoms with E-state index in [2.05, 4.69) is 47.5 Å². The normalized spacial score (nSPS) is 24.9. The van der Waals surface area contributed by atoms with Crippen molar-refractivity contribution < 1.29 is 14.0 Å². The molecule has 1 aliphatic heterocycles. The highest BCUT2D eigenvalue weighted by atomic mass is 16.3. The summed E-state index contributed by atoms with van der Waals surface area (Å²) in [5.41, 5.74) is 2.28. The van der Waals surface area contributed by atoms with E-state index < -0.39 is 6.04 Å². The molecule has 2 aliphatic rings. The largest absolute Gasteiger partial charge is 0.464 e. The highest BCUT2D eigenvalue weighted by Crippen LogP contribution is 2.28. The maximum Gasteiger partial charge on any atom is 0.244 e. The van der Waals surface area contributed by atoms with E-state index in [9.17, 15) is 9.59 Å². The third-order valence-electron chi connectivity index (χ3n) is 7.02. The van der Waals surface area contributed by atoms with Gasteiger partial charge in [-0.25, -0.2) is 0 Å². The van der Waals surface area contributed by atoms with Gasteiger partial charge >= 0.3 is 0 Å². The van der Waals surface area contributed by atoms with Crippen LogP contribution in [0.1, 0.15) is 39.0 Å². The van der Waals surface area contributed by atoms with Crippen LogP contribution in [0.4, 0.5) is 0 Å². The van der Waals surface area contributed by atoms with Crippen molar-refractivity contribution in [3.63, 3.8) is 0 Å². The lowest BCUT2D eigenvalue weighted by Gasteiger charge is -2.45. The van der Waals surface area contributed by atoms with Gasteiger partial charge in [0.25, 0.3) is 0 Å². The molecule has 4 unspecified atom stereocenters. The minimum atomic E-state index is -0.505. The molecule has 1 aliphatic carbocycles. The number of nitrogens with one attached hydrogen (secondary N) is 1. The molecule has 2 heterocycles. The quantitative estimate of drug-likeness (QED) is 0.646. The van der Waals surface area contributed by atoms with Crippen LogP contribution in [0.25, 0.3) is 5.57 Å². The van der Waals surface area contributed by atoms with Crippen molar-refractivity contribution in [3.05, 3.63) is 78.3 Å². The molecule has 1 aromatic heterocycles. The van der Waals surface area contributed by atoms with Gasteiger partial charge in [0.1, 0.15) is 11.8 Å². The van der Waals surface area contributed by atoms with Gasteiger partial charge in [-0.15, -0.1) is 0 Å². The number of carbonyl (C=O) groups excluding carboxylic acids is 2. The van der Waals surface area contributed by atoms with E-state index >= 15 is 0 Å². The molecule has 35 heavy (non-hydrogen) atoms. The van der Waals surface area contributed by atoms with Crippen molar-refractivity contribution >= 4 is 17.4 Å². The van der Waals surface area contributed by atoms with Gasteiger partial charge in [-0.1, -0.05) is 69.3 Å². The van der Waals surface area contributed by atoms with Gasteiger partial charge in [0.15, 0.2) is 0 Å². The van der Waals surface area contributed by atoms with Crippen molar-refractivity contribution in [2.24, 2.45) is 17.8 Å². The summed E-state index contributed by atoms with van der Waals surface area (Å²) in [6, 6.07) is 13.6. The first-order chi connectivity index (χ1) is 16.8. The van der Waals surface area contributed by atoms with E-state index in [-0.39, 0.29) is 35.6 Å². The van der Waals surface area contributed by atoms with E-state index in [1.54, 1.807) is 6.26 Å². The number of benzene rings is 1. The number of nitrogens with zero attached hydrogens (tertiary/aromatic N) is 2. The molecule has 0 bridgehead atoms. The molecule has 4 atom stereocenters. The number of amides is 2. The summed E-state index contributed by atoms with van der Waals surface area (Å²) in [6.07, 6.45) is 8.07. The van der Waals surface area contributed by atoms with E-state index in [0.717, 1.165) is 24.4 Å². The third kappa shape index (κ3) is 5.93. The van der Waals surface area contributed by atoms with Gasteiger partial charge in [-0.3, -0.25) is 14.5 Å². The number of hydrogen-bond donors (Lipinski definition) is 1. The summed E-state index contributed by atoms with van der Waals surface area (Å²) in [7, 11) is 0. The fourth-order valence-electron chi connectivity index (χ4n) is 5.09. The summed E-state index contributed by atoms with van der Waals surface area (Å²) in [5, 5.41) is 3.17. The monoisotopic (exact) mass is 475 g/mol. The zero-order chi connectivity index (χ0) is 24.9. The SMILES string of the molecule is CC(C)C(=O)N1C(C)CN(Cc2ccccc2)CC1C(=O)NCC1C=CC(c2ccco2)=CC1C. The summed E-state index contributed by atoms with van der Waals surface area (Å²) >= 11 is 0. The van der Waals surface area contributed by atoms with Crippen molar-refractivity contribution in [3.8, 4) is 0 Å². The summed E-state index contributed by atoms with van der Waals surface area (Å²) in [6.45, 7) is 10.6. The zero-order valence-electron chi connectivity index (χ0n) is 21.2. The molecule has 0 saturated carbocycles. The molecule has 1 N–H and O–H groups in total. The predicted molar refractivity (Wildman–Crippen MR) is 138 cm³/mol. The standard InChI is InChI=1S/C29H37N3O3/c1-20(2)29(34)32-22(4)17-31(18-23-9-6-5-7-10-23)19-26(32)28(33)30-16-25-13-12-24(15-21(25)3)27-11-8-14-35-27/h5-15,20-22,25-26H,16-19H2,1-4H3,(H,30,33). The molecule has 2 aromatic rings. The van der Waals surface area contributed by atoms with E-state index in [1.165, 1.54) is 5.56 Å². The van der Waals surface area contributed by atoms with E-state index in [4.69, 9.17) is 4.42 Å². The molecule has 0 spiro atoms. The Kier molecular flexibility index (Phi) is 7.91. The van der Waals surface area contributed by atoms with Crippen molar-refractivity contribution in [2.75, 3.05) is 19.6 Å². The summed E-state index contributed by atoms with van der Waals surface area (Å²) < 4.78 is 5.52.